The fourth-order valence-electron chi connectivity index (χ4n) is 4.76. The maximum absolute atomic E-state index is 12.8. The Morgan fingerprint density at radius 2 is 1.77 bits per heavy atom. The molecule has 9 nitrogen and oxygen atoms in total. The molecule has 2 aromatic carbocycles. The molecule has 5 rings (SSSR count). The number of aromatic nitrogens is 3. The number of imidazole rings is 1. The van der Waals surface area contributed by atoms with Crippen LogP contribution in [0, 0.1) is 13.8 Å². The van der Waals surface area contributed by atoms with Crippen LogP contribution in [0.4, 0.5) is 5.95 Å². The van der Waals surface area contributed by atoms with E-state index >= 15 is 0 Å². The van der Waals surface area contributed by atoms with E-state index in [9.17, 15) is 14.4 Å². The Bertz CT molecular complexity index is 1480. The van der Waals surface area contributed by atoms with Crippen molar-refractivity contribution < 1.29 is 19.1 Å². The number of aromatic amines is 1. The van der Waals surface area contributed by atoms with Crippen molar-refractivity contribution in [3.63, 3.8) is 0 Å². The van der Waals surface area contributed by atoms with E-state index in [1.807, 2.05) is 30.9 Å². The molecule has 0 saturated carbocycles. The van der Waals surface area contributed by atoms with Crippen LogP contribution in [-0.4, -0.2) is 57.6 Å². The molecule has 2 N–H and O–H groups in total. The number of thiazole rings is 1. The average molecular weight is 546 g/mol. The van der Waals surface area contributed by atoms with Gasteiger partial charge in [0.15, 0.2) is 5.78 Å². The van der Waals surface area contributed by atoms with Crippen molar-refractivity contribution in [3.8, 4) is 5.75 Å². The third-order valence-electron chi connectivity index (χ3n) is 7.26. The van der Waals surface area contributed by atoms with Gasteiger partial charge in [0.1, 0.15) is 11.4 Å². The Labute approximate surface area is 230 Å². The number of benzene rings is 2. The SMILES string of the molecule is COc1ccc(C(=O)CCC(=O)N2CCC(c3nc(C(=O)Nc4nc5cc(C)c(C)cc5[nH]4)cs3)CC2)cc1. The number of ketones is 1. The summed E-state index contributed by atoms with van der Waals surface area (Å²) in [6, 6.07) is 10.9. The van der Waals surface area contributed by atoms with Crippen LogP contribution in [0.1, 0.15) is 68.6 Å². The Morgan fingerprint density at radius 1 is 1.05 bits per heavy atom. The highest BCUT2D eigenvalue weighted by Crippen LogP contribution is 2.31. The predicted octanol–water partition coefficient (Wildman–Crippen LogP) is 5.27. The summed E-state index contributed by atoms with van der Waals surface area (Å²) < 4.78 is 5.12. The first kappa shape index (κ1) is 26.6. The number of likely N-dealkylation sites (tertiary alicyclic amines) is 1. The maximum atomic E-state index is 12.8. The molecule has 202 valence electrons. The molecule has 0 unspecified atom stereocenters. The number of nitrogens with zero attached hydrogens (tertiary/aromatic N) is 3. The summed E-state index contributed by atoms with van der Waals surface area (Å²) in [4.78, 5) is 52.0. The zero-order chi connectivity index (χ0) is 27.5. The monoisotopic (exact) mass is 545 g/mol. The highest BCUT2D eigenvalue weighted by molar-refractivity contribution is 7.10. The van der Waals surface area contributed by atoms with E-state index in [0.717, 1.165) is 40.0 Å². The fourth-order valence-corrected chi connectivity index (χ4v) is 5.73. The summed E-state index contributed by atoms with van der Waals surface area (Å²) in [5.41, 5.74) is 4.92. The molecular formula is C29H31N5O4S. The first-order valence-electron chi connectivity index (χ1n) is 13.0. The van der Waals surface area contributed by atoms with Gasteiger partial charge in [0.25, 0.3) is 5.91 Å². The summed E-state index contributed by atoms with van der Waals surface area (Å²) in [5, 5.41) is 5.49. The van der Waals surface area contributed by atoms with Gasteiger partial charge in [-0.15, -0.1) is 11.3 Å². The molecule has 0 atom stereocenters. The molecule has 1 fully saturated rings. The molecular weight excluding hydrogens is 514 g/mol. The van der Waals surface area contributed by atoms with Crippen LogP contribution in [0.2, 0.25) is 0 Å². The minimum Gasteiger partial charge on any atom is -0.497 e. The molecule has 10 heteroatoms. The summed E-state index contributed by atoms with van der Waals surface area (Å²) in [6.07, 6.45) is 1.92. The lowest BCUT2D eigenvalue weighted by Crippen LogP contribution is -2.38. The van der Waals surface area contributed by atoms with E-state index in [0.29, 0.717) is 36.0 Å². The van der Waals surface area contributed by atoms with E-state index < -0.39 is 0 Å². The number of ether oxygens (including phenoxy) is 1. The molecule has 1 saturated heterocycles. The number of fused-ring (bicyclic) bond motifs is 1. The van der Waals surface area contributed by atoms with Crippen LogP contribution in [0.25, 0.3) is 11.0 Å². The number of hydrogen-bond donors (Lipinski definition) is 2. The zero-order valence-corrected chi connectivity index (χ0v) is 23.1. The van der Waals surface area contributed by atoms with Crippen molar-refractivity contribution in [2.45, 2.75) is 45.4 Å². The smallest absolute Gasteiger partial charge is 0.277 e. The van der Waals surface area contributed by atoms with Gasteiger partial charge < -0.3 is 14.6 Å². The number of hydrogen-bond acceptors (Lipinski definition) is 7. The average Bonchev–Trinajstić information content (AvgIpc) is 3.59. The van der Waals surface area contributed by atoms with Crippen molar-refractivity contribution in [1.82, 2.24) is 19.9 Å². The van der Waals surface area contributed by atoms with Crippen LogP contribution < -0.4 is 10.1 Å². The van der Waals surface area contributed by atoms with E-state index in [1.54, 1.807) is 36.8 Å². The van der Waals surface area contributed by atoms with Crippen molar-refractivity contribution in [2.24, 2.45) is 0 Å². The molecule has 39 heavy (non-hydrogen) atoms. The second kappa shape index (κ2) is 11.4. The van der Waals surface area contributed by atoms with Gasteiger partial charge in [-0.3, -0.25) is 19.7 Å². The van der Waals surface area contributed by atoms with Crippen molar-refractivity contribution >= 4 is 45.9 Å². The van der Waals surface area contributed by atoms with Crippen LogP contribution >= 0.6 is 11.3 Å². The van der Waals surface area contributed by atoms with Crippen LogP contribution in [0.5, 0.6) is 5.75 Å². The van der Waals surface area contributed by atoms with Crippen molar-refractivity contribution in [2.75, 3.05) is 25.5 Å². The first-order chi connectivity index (χ1) is 18.8. The molecule has 1 aliphatic rings. The maximum Gasteiger partial charge on any atom is 0.277 e. The molecule has 2 aromatic heterocycles. The van der Waals surface area contributed by atoms with Crippen molar-refractivity contribution in [1.29, 1.82) is 0 Å². The number of carbonyl (C=O) groups is 3. The number of carbonyl (C=O) groups excluding carboxylic acids is 3. The van der Waals surface area contributed by atoms with Gasteiger partial charge in [-0.1, -0.05) is 0 Å². The van der Waals surface area contributed by atoms with Gasteiger partial charge >= 0.3 is 0 Å². The van der Waals surface area contributed by atoms with Gasteiger partial charge in [0, 0.05) is 42.8 Å². The molecule has 0 aliphatic carbocycles. The number of H-pyrrole nitrogens is 1. The lowest BCUT2D eigenvalue weighted by atomic mass is 9.97. The van der Waals surface area contributed by atoms with Gasteiger partial charge in [0.05, 0.1) is 23.2 Å². The third-order valence-corrected chi connectivity index (χ3v) is 8.27. The van der Waals surface area contributed by atoms with E-state index in [-0.39, 0.29) is 36.4 Å². The number of anilines is 1. The second-order valence-electron chi connectivity index (χ2n) is 9.87. The highest BCUT2D eigenvalue weighted by atomic mass is 32.1. The minimum absolute atomic E-state index is 0.00857. The minimum atomic E-state index is -0.306. The summed E-state index contributed by atoms with van der Waals surface area (Å²) >= 11 is 1.47. The van der Waals surface area contributed by atoms with Gasteiger partial charge in [-0.05, 0) is 74.2 Å². The number of nitrogens with one attached hydrogen (secondary N) is 2. The molecule has 3 heterocycles. The van der Waals surface area contributed by atoms with Gasteiger partial charge in [0.2, 0.25) is 11.9 Å². The van der Waals surface area contributed by atoms with Crippen LogP contribution in [0.15, 0.2) is 41.8 Å². The Balaban J connectivity index is 1.11. The molecule has 2 amide bonds. The summed E-state index contributed by atoms with van der Waals surface area (Å²) in [5.74, 6) is 0.910. The van der Waals surface area contributed by atoms with Crippen LogP contribution in [-0.2, 0) is 4.79 Å². The zero-order valence-electron chi connectivity index (χ0n) is 22.2. The van der Waals surface area contributed by atoms with Crippen LogP contribution in [0.3, 0.4) is 0 Å². The van der Waals surface area contributed by atoms with E-state index in [2.05, 4.69) is 20.3 Å². The second-order valence-corrected chi connectivity index (χ2v) is 10.8. The molecule has 0 bridgehead atoms. The Morgan fingerprint density at radius 3 is 2.49 bits per heavy atom. The Kier molecular flexibility index (Phi) is 7.74. The van der Waals surface area contributed by atoms with Crippen molar-refractivity contribution in [3.05, 3.63) is 69.2 Å². The number of amides is 2. The topological polar surface area (TPSA) is 117 Å². The number of rotatable bonds is 8. The van der Waals surface area contributed by atoms with E-state index in [1.165, 1.54) is 11.3 Å². The normalized spacial score (nSPS) is 14.0. The van der Waals surface area contributed by atoms with Gasteiger partial charge in [-0.2, -0.15) is 0 Å². The standard InChI is InChI=1S/C29H31N5O4S/c1-17-14-22-23(15-18(17)2)32-29(31-22)33-27(37)24-16-39-28(30-24)20-10-12-34(13-11-20)26(36)9-8-25(35)19-4-6-21(38-3)7-5-19/h4-7,14-16,20H,8-13H2,1-3H3,(H2,31,32,33,37). The molecule has 0 spiro atoms. The number of methoxy groups -OCH3 is 1. The molecule has 1 aliphatic heterocycles. The lowest BCUT2D eigenvalue weighted by molar-refractivity contribution is -0.132. The fraction of sp³-hybridized carbons (Fsp3) is 0.345. The first-order valence-corrected chi connectivity index (χ1v) is 13.9. The van der Waals surface area contributed by atoms with Gasteiger partial charge in [-0.25, -0.2) is 9.97 Å². The van der Waals surface area contributed by atoms with E-state index in [4.69, 9.17) is 4.74 Å². The predicted molar refractivity (Wildman–Crippen MR) is 151 cm³/mol. The summed E-state index contributed by atoms with van der Waals surface area (Å²) in [6.45, 7) is 5.29. The largest absolute Gasteiger partial charge is 0.497 e. The lowest BCUT2D eigenvalue weighted by Gasteiger charge is -2.31. The third kappa shape index (κ3) is 6.01. The summed E-state index contributed by atoms with van der Waals surface area (Å²) in [7, 11) is 1.58. The number of aryl methyl sites for hydroxylation is 2. The number of piperidine rings is 1. The highest BCUT2D eigenvalue weighted by Gasteiger charge is 2.27. The number of Topliss-reactive ketones (excluding diaryl/α,β-unsaturated/α-hetero) is 1. The molecule has 0 radical (unpaired) electrons. The Hall–Kier alpha value is -4.05. The molecule has 4 aromatic rings. The quantitative estimate of drug-likeness (QED) is 0.292.